The number of aromatic nitrogens is 2. The molecule has 0 fully saturated rings. The molecule has 2 aromatic carbocycles. The Hall–Kier alpha value is -4.07. The number of hydrogen-bond donors (Lipinski definition) is 2. The fourth-order valence-electron chi connectivity index (χ4n) is 3.81. The number of methoxy groups -OCH3 is 1. The molecule has 8 heteroatoms. The second-order valence-electron chi connectivity index (χ2n) is 7.97. The average Bonchev–Trinajstić information content (AvgIpc) is 3.24. The van der Waals surface area contributed by atoms with E-state index in [0.29, 0.717) is 22.5 Å². The van der Waals surface area contributed by atoms with Crippen LogP contribution in [0.15, 0.2) is 72.1 Å². The number of ether oxygens (including phenoxy) is 2. The zero-order chi connectivity index (χ0) is 23.5. The third-order valence-electron chi connectivity index (χ3n) is 5.25. The molecule has 0 saturated carbocycles. The Labute approximate surface area is 192 Å². The van der Waals surface area contributed by atoms with Gasteiger partial charge in [-0.3, -0.25) is 0 Å². The van der Waals surface area contributed by atoms with Crippen LogP contribution in [0, 0.1) is 0 Å². The van der Waals surface area contributed by atoms with Gasteiger partial charge in [-0.25, -0.2) is 14.3 Å². The van der Waals surface area contributed by atoms with E-state index < -0.39 is 18.0 Å². The minimum Gasteiger partial charge on any atom is -0.491 e. The van der Waals surface area contributed by atoms with Crippen LogP contribution in [-0.2, 0) is 9.53 Å². The SMILES string of the molecule is COC(=O)C1=C(C)NC(=O)N[C@@H]1c1cn(-c2ccccc2)nc1-c1ccc(OC(C)C)cc1. The smallest absolute Gasteiger partial charge is 0.337 e. The molecule has 2 heterocycles. The number of hydrogen-bond acceptors (Lipinski definition) is 5. The van der Waals surface area contributed by atoms with Crippen molar-refractivity contribution in [2.24, 2.45) is 0 Å². The van der Waals surface area contributed by atoms with Crippen molar-refractivity contribution in [3.63, 3.8) is 0 Å². The predicted molar refractivity (Wildman–Crippen MR) is 124 cm³/mol. The molecule has 0 radical (unpaired) electrons. The number of rotatable bonds is 6. The molecule has 1 aliphatic rings. The topological polar surface area (TPSA) is 94.5 Å². The van der Waals surface area contributed by atoms with Crippen LogP contribution in [0.3, 0.4) is 0 Å². The number of urea groups is 1. The summed E-state index contributed by atoms with van der Waals surface area (Å²) in [7, 11) is 1.32. The largest absolute Gasteiger partial charge is 0.491 e. The second-order valence-corrected chi connectivity index (χ2v) is 7.97. The zero-order valence-electron chi connectivity index (χ0n) is 19.0. The van der Waals surface area contributed by atoms with E-state index in [-0.39, 0.29) is 6.10 Å². The number of amides is 2. The molecule has 0 bridgehead atoms. The quantitative estimate of drug-likeness (QED) is 0.556. The van der Waals surface area contributed by atoms with Crippen molar-refractivity contribution in [1.29, 1.82) is 0 Å². The number of nitrogens with one attached hydrogen (secondary N) is 2. The first kappa shape index (κ1) is 22.1. The molecule has 33 heavy (non-hydrogen) atoms. The van der Waals surface area contributed by atoms with Gasteiger partial charge in [-0.1, -0.05) is 18.2 Å². The van der Waals surface area contributed by atoms with E-state index in [0.717, 1.165) is 17.0 Å². The third-order valence-corrected chi connectivity index (χ3v) is 5.25. The Bertz CT molecular complexity index is 1200. The molecular formula is C25H26N4O4. The van der Waals surface area contributed by atoms with Gasteiger partial charge < -0.3 is 20.1 Å². The lowest BCUT2D eigenvalue weighted by Crippen LogP contribution is -2.45. The average molecular weight is 447 g/mol. The van der Waals surface area contributed by atoms with Crippen LogP contribution in [-0.4, -0.2) is 35.0 Å². The standard InChI is InChI=1S/C25H26N4O4/c1-15(2)33-19-12-10-17(11-13-19)22-20(14-29(28-22)18-8-6-5-7-9-18)23-21(24(30)32-4)16(3)26-25(31)27-23/h5-15,23H,1-4H3,(H2,26,27,31)/t23-/m1/s1. The van der Waals surface area contributed by atoms with Crippen LogP contribution in [0.4, 0.5) is 4.79 Å². The molecule has 3 aromatic rings. The lowest BCUT2D eigenvalue weighted by molar-refractivity contribution is -0.136. The molecule has 4 rings (SSSR count). The Balaban J connectivity index is 1.86. The third kappa shape index (κ3) is 4.59. The molecule has 2 N–H and O–H groups in total. The summed E-state index contributed by atoms with van der Waals surface area (Å²) in [5, 5.41) is 10.3. The summed E-state index contributed by atoms with van der Waals surface area (Å²) >= 11 is 0. The summed E-state index contributed by atoms with van der Waals surface area (Å²) in [6, 6.07) is 16.1. The first-order valence-corrected chi connectivity index (χ1v) is 10.7. The molecule has 0 unspecified atom stereocenters. The number of carbonyl (C=O) groups excluding carboxylic acids is 2. The van der Waals surface area contributed by atoms with Crippen LogP contribution in [0.1, 0.15) is 32.4 Å². The van der Waals surface area contributed by atoms with Crippen molar-refractivity contribution in [2.45, 2.75) is 32.9 Å². The van der Waals surface area contributed by atoms with Gasteiger partial charge in [0, 0.05) is 23.0 Å². The van der Waals surface area contributed by atoms with Gasteiger partial charge in [0.05, 0.1) is 36.2 Å². The van der Waals surface area contributed by atoms with Crippen LogP contribution < -0.4 is 15.4 Å². The fraction of sp³-hybridized carbons (Fsp3) is 0.240. The maximum atomic E-state index is 12.6. The highest BCUT2D eigenvalue weighted by Crippen LogP contribution is 2.35. The lowest BCUT2D eigenvalue weighted by atomic mass is 9.94. The van der Waals surface area contributed by atoms with E-state index in [1.165, 1.54) is 7.11 Å². The molecule has 1 aliphatic heterocycles. The maximum absolute atomic E-state index is 12.6. The Morgan fingerprint density at radius 3 is 2.42 bits per heavy atom. The molecule has 0 aliphatic carbocycles. The van der Waals surface area contributed by atoms with Crippen molar-refractivity contribution >= 4 is 12.0 Å². The summed E-state index contributed by atoms with van der Waals surface area (Å²) in [4.78, 5) is 25.0. The lowest BCUT2D eigenvalue weighted by Gasteiger charge is -2.27. The normalized spacial score (nSPS) is 15.8. The van der Waals surface area contributed by atoms with Crippen molar-refractivity contribution in [1.82, 2.24) is 20.4 Å². The number of carbonyl (C=O) groups is 2. The van der Waals surface area contributed by atoms with Crippen molar-refractivity contribution in [2.75, 3.05) is 7.11 Å². The van der Waals surface area contributed by atoms with Gasteiger partial charge >= 0.3 is 12.0 Å². The maximum Gasteiger partial charge on any atom is 0.337 e. The van der Waals surface area contributed by atoms with Gasteiger partial charge in [0.25, 0.3) is 0 Å². The Morgan fingerprint density at radius 2 is 1.79 bits per heavy atom. The van der Waals surface area contributed by atoms with Crippen LogP contribution in [0.2, 0.25) is 0 Å². The number of allylic oxidation sites excluding steroid dienone is 1. The number of nitrogens with zero attached hydrogens (tertiary/aromatic N) is 2. The van der Waals surface area contributed by atoms with E-state index in [1.54, 1.807) is 11.6 Å². The molecule has 8 nitrogen and oxygen atoms in total. The van der Waals surface area contributed by atoms with Crippen molar-refractivity contribution in [3.05, 3.63) is 77.6 Å². The first-order chi connectivity index (χ1) is 15.9. The zero-order valence-corrected chi connectivity index (χ0v) is 19.0. The Kier molecular flexibility index (Phi) is 6.17. The van der Waals surface area contributed by atoms with Gasteiger partial charge in [-0.15, -0.1) is 0 Å². The molecule has 0 saturated heterocycles. The monoisotopic (exact) mass is 446 g/mol. The molecule has 1 atom stereocenters. The minimum atomic E-state index is -0.731. The number of esters is 1. The van der Waals surface area contributed by atoms with E-state index >= 15 is 0 Å². The van der Waals surface area contributed by atoms with Gasteiger partial charge in [-0.05, 0) is 57.2 Å². The van der Waals surface area contributed by atoms with E-state index in [9.17, 15) is 9.59 Å². The van der Waals surface area contributed by atoms with Gasteiger partial charge in [-0.2, -0.15) is 5.10 Å². The summed E-state index contributed by atoms with van der Waals surface area (Å²) < 4.78 is 12.5. The van der Waals surface area contributed by atoms with Crippen LogP contribution in [0.5, 0.6) is 5.75 Å². The second kappa shape index (κ2) is 9.20. The summed E-state index contributed by atoms with van der Waals surface area (Å²) in [5.41, 5.74) is 3.75. The molecule has 1 aromatic heterocycles. The fourth-order valence-corrected chi connectivity index (χ4v) is 3.81. The van der Waals surface area contributed by atoms with Gasteiger partial charge in [0.1, 0.15) is 5.75 Å². The highest BCUT2D eigenvalue weighted by atomic mass is 16.5. The van der Waals surface area contributed by atoms with E-state index in [2.05, 4.69) is 10.6 Å². The van der Waals surface area contributed by atoms with Gasteiger partial charge in [0.15, 0.2) is 0 Å². The van der Waals surface area contributed by atoms with E-state index in [4.69, 9.17) is 14.6 Å². The summed E-state index contributed by atoms with van der Waals surface area (Å²) in [5.74, 6) is 0.225. The molecule has 170 valence electrons. The summed E-state index contributed by atoms with van der Waals surface area (Å²) in [6.45, 7) is 5.62. The van der Waals surface area contributed by atoms with Crippen LogP contribution in [0.25, 0.3) is 16.9 Å². The van der Waals surface area contributed by atoms with Crippen LogP contribution >= 0.6 is 0 Å². The number of benzene rings is 2. The minimum absolute atomic E-state index is 0.0596. The molecule has 0 spiro atoms. The first-order valence-electron chi connectivity index (χ1n) is 10.7. The predicted octanol–water partition coefficient (Wildman–Crippen LogP) is 4.13. The molecular weight excluding hydrogens is 420 g/mol. The Morgan fingerprint density at radius 1 is 1.09 bits per heavy atom. The highest BCUT2D eigenvalue weighted by Gasteiger charge is 2.35. The van der Waals surface area contributed by atoms with E-state index in [1.807, 2.05) is 74.6 Å². The number of para-hydroxylation sites is 1. The highest BCUT2D eigenvalue weighted by molar-refractivity contribution is 5.95. The van der Waals surface area contributed by atoms with Crippen molar-refractivity contribution < 1.29 is 19.1 Å². The van der Waals surface area contributed by atoms with Crippen molar-refractivity contribution in [3.8, 4) is 22.7 Å². The summed E-state index contributed by atoms with van der Waals surface area (Å²) in [6.07, 6.45) is 1.89. The van der Waals surface area contributed by atoms with Gasteiger partial charge in [0.2, 0.25) is 0 Å². The molecule has 2 amide bonds.